The number of amides is 3. The van der Waals surface area contributed by atoms with Gasteiger partial charge in [-0.2, -0.15) is 0 Å². The number of nitrogens with one attached hydrogen (secondary N) is 2. The zero-order chi connectivity index (χ0) is 21.7. The number of halogens is 3. The highest BCUT2D eigenvalue weighted by Crippen LogP contribution is 2.31. The molecule has 0 spiro atoms. The van der Waals surface area contributed by atoms with Crippen LogP contribution in [0.3, 0.4) is 0 Å². The molecule has 0 saturated carbocycles. The molecule has 0 atom stereocenters. The molecule has 2 aromatic carbocycles. The molecule has 30 heavy (non-hydrogen) atoms. The Morgan fingerprint density at radius 3 is 2.53 bits per heavy atom. The first kappa shape index (κ1) is 21.2. The van der Waals surface area contributed by atoms with E-state index >= 15 is 0 Å². The fraction of sp³-hybridized carbons (Fsp3) is 0.250. The van der Waals surface area contributed by atoms with Crippen LogP contribution in [0.4, 0.5) is 24.5 Å². The van der Waals surface area contributed by atoms with E-state index in [4.69, 9.17) is 4.74 Å². The summed E-state index contributed by atoms with van der Waals surface area (Å²) in [4.78, 5) is 37.7. The molecule has 10 heteroatoms. The van der Waals surface area contributed by atoms with Crippen LogP contribution in [0.1, 0.15) is 12.8 Å². The van der Waals surface area contributed by atoms with Crippen molar-refractivity contribution in [3.05, 3.63) is 53.8 Å². The van der Waals surface area contributed by atoms with Crippen molar-refractivity contribution >= 4 is 29.1 Å². The molecular weight excluding hydrogens is 403 g/mol. The van der Waals surface area contributed by atoms with Crippen LogP contribution in [-0.2, 0) is 14.4 Å². The van der Waals surface area contributed by atoms with E-state index in [2.05, 4.69) is 5.32 Å². The molecule has 3 amide bonds. The third-order valence-corrected chi connectivity index (χ3v) is 4.35. The molecule has 0 unspecified atom stereocenters. The number of carbonyl (C=O) groups excluding carboxylic acids is 3. The zero-order valence-corrected chi connectivity index (χ0v) is 15.7. The number of carbonyl (C=O) groups is 3. The summed E-state index contributed by atoms with van der Waals surface area (Å²) in [5, 5.41) is 4.33. The number of hydrogen-bond donors (Lipinski definition) is 2. The summed E-state index contributed by atoms with van der Waals surface area (Å²) in [5.41, 5.74) is 0.0800. The fourth-order valence-electron chi connectivity index (χ4n) is 2.87. The molecule has 0 radical (unpaired) electrons. The van der Waals surface area contributed by atoms with Crippen molar-refractivity contribution in [2.24, 2.45) is 0 Å². The lowest BCUT2D eigenvalue weighted by Gasteiger charge is -2.29. The number of hydrogen-bond acceptors (Lipinski definition) is 4. The van der Waals surface area contributed by atoms with Crippen molar-refractivity contribution in [2.75, 3.05) is 29.9 Å². The number of fused-ring (bicyclic) bond motifs is 1. The summed E-state index contributed by atoms with van der Waals surface area (Å²) >= 11 is 0. The van der Waals surface area contributed by atoms with Gasteiger partial charge >= 0.3 is 0 Å². The van der Waals surface area contributed by atoms with E-state index in [1.165, 1.54) is 4.90 Å². The van der Waals surface area contributed by atoms with Gasteiger partial charge in [0.15, 0.2) is 17.5 Å². The van der Waals surface area contributed by atoms with Gasteiger partial charge in [0.25, 0.3) is 0 Å². The van der Waals surface area contributed by atoms with E-state index < -0.39 is 41.5 Å². The lowest BCUT2D eigenvalue weighted by molar-refractivity contribution is -0.126. The minimum absolute atomic E-state index is 0.0837. The number of benzene rings is 2. The Bertz CT molecular complexity index is 984. The van der Waals surface area contributed by atoms with Crippen molar-refractivity contribution in [1.82, 2.24) is 5.32 Å². The summed E-state index contributed by atoms with van der Waals surface area (Å²) in [6.45, 7) is 0.182. The van der Waals surface area contributed by atoms with Gasteiger partial charge in [-0.05, 0) is 24.3 Å². The predicted molar refractivity (Wildman–Crippen MR) is 101 cm³/mol. The van der Waals surface area contributed by atoms with Gasteiger partial charge in [0, 0.05) is 12.8 Å². The van der Waals surface area contributed by atoms with Gasteiger partial charge in [0.2, 0.25) is 17.7 Å². The molecule has 158 valence electrons. The third-order valence-electron chi connectivity index (χ3n) is 4.35. The van der Waals surface area contributed by atoms with Gasteiger partial charge in [-0.25, -0.2) is 13.2 Å². The topological polar surface area (TPSA) is 87.7 Å². The second-order valence-corrected chi connectivity index (χ2v) is 6.41. The van der Waals surface area contributed by atoms with Gasteiger partial charge in [-0.1, -0.05) is 12.1 Å². The van der Waals surface area contributed by atoms with Crippen LogP contribution in [0.25, 0.3) is 0 Å². The molecule has 0 saturated heterocycles. The lowest BCUT2D eigenvalue weighted by atomic mass is 10.2. The molecule has 0 bridgehead atoms. The molecule has 2 aromatic rings. The largest absolute Gasteiger partial charge is 0.490 e. The van der Waals surface area contributed by atoms with Crippen molar-refractivity contribution < 1.29 is 32.3 Å². The number of nitrogens with zero attached hydrogens (tertiary/aromatic N) is 1. The lowest BCUT2D eigenvalue weighted by Crippen LogP contribution is -2.39. The summed E-state index contributed by atoms with van der Waals surface area (Å²) < 4.78 is 45.1. The molecular formula is C20H18F3N3O4. The monoisotopic (exact) mass is 421 g/mol. The first-order chi connectivity index (χ1) is 14.4. The SMILES string of the molecule is O=C(CCC(=O)N1CCOc2ccccc21)NCC(=O)Nc1ccc(F)c(F)c1F. The van der Waals surface area contributed by atoms with Crippen molar-refractivity contribution in [3.8, 4) is 5.75 Å². The third kappa shape index (κ3) is 4.88. The van der Waals surface area contributed by atoms with E-state index in [0.29, 0.717) is 30.7 Å². The maximum absolute atomic E-state index is 13.5. The second-order valence-electron chi connectivity index (χ2n) is 6.41. The van der Waals surface area contributed by atoms with Crippen LogP contribution in [0, 0.1) is 17.5 Å². The summed E-state index contributed by atoms with van der Waals surface area (Å²) in [5.74, 6) is -5.71. The number of para-hydroxylation sites is 2. The Morgan fingerprint density at radius 1 is 0.967 bits per heavy atom. The Kier molecular flexibility index (Phi) is 6.55. The summed E-state index contributed by atoms with van der Waals surface area (Å²) in [6, 6.07) is 8.59. The quantitative estimate of drug-likeness (QED) is 0.701. The van der Waals surface area contributed by atoms with Crippen molar-refractivity contribution in [2.45, 2.75) is 12.8 Å². The average molecular weight is 421 g/mol. The fourth-order valence-corrected chi connectivity index (χ4v) is 2.87. The highest BCUT2D eigenvalue weighted by Gasteiger charge is 2.23. The minimum atomic E-state index is -1.71. The van der Waals surface area contributed by atoms with Crippen LogP contribution in [0.5, 0.6) is 5.75 Å². The highest BCUT2D eigenvalue weighted by atomic mass is 19.2. The maximum Gasteiger partial charge on any atom is 0.243 e. The number of anilines is 2. The second kappa shape index (κ2) is 9.29. The average Bonchev–Trinajstić information content (AvgIpc) is 2.76. The predicted octanol–water partition coefficient (Wildman–Crippen LogP) is 2.36. The smallest absolute Gasteiger partial charge is 0.243 e. The standard InChI is InChI=1S/C20H18F3N3O4/c21-12-5-6-13(20(23)19(12)22)25-17(28)11-24-16(27)7-8-18(29)26-9-10-30-15-4-2-1-3-14(15)26/h1-6H,7-11H2,(H,24,27)(H,25,28). The van der Waals surface area contributed by atoms with E-state index in [1.54, 1.807) is 24.3 Å². The van der Waals surface area contributed by atoms with Crippen LogP contribution in [0.15, 0.2) is 36.4 Å². The molecule has 0 aromatic heterocycles. The van der Waals surface area contributed by atoms with Crippen molar-refractivity contribution in [3.63, 3.8) is 0 Å². The zero-order valence-electron chi connectivity index (χ0n) is 15.7. The highest BCUT2D eigenvalue weighted by molar-refractivity contribution is 5.98. The Labute approximate surface area is 169 Å². The van der Waals surface area contributed by atoms with Gasteiger partial charge in [-0.15, -0.1) is 0 Å². The number of ether oxygens (including phenoxy) is 1. The molecule has 0 fully saturated rings. The van der Waals surface area contributed by atoms with Gasteiger partial charge < -0.3 is 20.3 Å². The van der Waals surface area contributed by atoms with Crippen LogP contribution in [0.2, 0.25) is 0 Å². The summed E-state index contributed by atoms with van der Waals surface area (Å²) in [6.07, 6.45) is -0.245. The number of rotatable bonds is 6. The first-order valence-electron chi connectivity index (χ1n) is 9.09. The van der Waals surface area contributed by atoms with Crippen LogP contribution < -0.4 is 20.3 Å². The Balaban J connectivity index is 1.46. The maximum atomic E-state index is 13.5. The molecule has 1 heterocycles. The summed E-state index contributed by atoms with van der Waals surface area (Å²) in [7, 11) is 0. The van der Waals surface area contributed by atoms with Crippen LogP contribution >= 0.6 is 0 Å². The molecule has 3 rings (SSSR count). The van der Waals surface area contributed by atoms with E-state index in [-0.39, 0.29) is 18.7 Å². The molecule has 1 aliphatic heterocycles. The molecule has 1 aliphatic rings. The van der Waals surface area contributed by atoms with Gasteiger partial charge in [0.05, 0.1) is 24.5 Å². The first-order valence-corrected chi connectivity index (χ1v) is 9.09. The van der Waals surface area contributed by atoms with Gasteiger partial charge in [-0.3, -0.25) is 14.4 Å². The molecule has 2 N–H and O–H groups in total. The minimum Gasteiger partial charge on any atom is -0.490 e. The Morgan fingerprint density at radius 2 is 1.73 bits per heavy atom. The normalized spacial score (nSPS) is 12.6. The van der Waals surface area contributed by atoms with Crippen LogP contribution in [-0.4, -0.2) is 37.4 Å². The van der Waals surface area contributed by atoms with E-state index in [1.807, 2.05) is 5.32 Å². The molecule has 0 aliphatic carbocycles. The van der Waals surface area contributed by atoms with E-state index in [0.717, 1.165) is 6.07 Å². The van der Waals surface area contributed by atoms with E-state index in [9.17, 15) is 27.6 Å². The van der Waals surface area contributed by atoms with Gasteiger partial charge in [0.1, 0.15) is 12.4 Å². The Hall–Kier alpha value is -3.56. The molecule has 7 nitrogen and oxygen atoms in total. The van der Waals surface area contributed by atoms with Crippen molar-refractivity contribution in [1.29, 1.82) is 0 Å².